The number of hydrogen-bond donors (Lipinski definition) is 1. The molecule has 112 valence electrons. The van der Waals surface area contributed by atoms with E-state index in [1.807, 2.05) is 0 Å². The van der Waals surface area contributed by atoms with Crippen molar-refractivity contribution in [3.63, 3.8) is 0 Å². The van der Waals surface area contributed by atoms with Crippen molar-refractivity contribution in [2.24, 2.45) is 5.73 Å². The molecule has 0 bridgehead atoms. The molecule has 0 atom stereocenters. The summed E-state index contributed by atoms with van der Waals surface area (Å²) >= 11 is 0. The van der Waals surface area contributed by atoms with Gasteiger partial charge in [-0.3, -0.25) is 0 Å². The van der Waals surface area contributed by atoms with E-state index in [9.17, 15) is 0 Å². The highest BCUT2D eigenvalue weighted by Gasteiger charge is 2.37. The SMILES string of the molecule is COc1cc(C)c(C2(CN)CCCCC2)c(OC)c1C. The van der Waals surface area contributed by atoms with Crippen molar-refractivity contribution < 1.29 is 9.47 Å². The molecule has 3 nitrogen and oxygen atoms in total. The normalized spacial score (nSPS) is 17.9. The van der Waals surface area contributed by atoms with Gasteiger partial charge in [0, 0.05) is 23.1 Å². The van der Waals surface area contributed by atoms with Crippen molar-refractivity contribution in [2.75, 3.05) is 20.8 Å². The highest BCUT2D eigenvalue weighted by atomic mass is 16.5. The standard InChI is InChI=1S/C17H27NO2/c1-12-10-14(19-3)13(2)16(20-4)15(12)17(11-18)8-6-5-7-9-17/h10H,5-9,11,18H2,1-4H3. The number of methoxy groups -OCH3 is 2. The summed E-state index contributed by atoms with van der Waals surface area (Å²) in [6.07, 6.45) is 6.15. The number of benzene rings is 1. The Labute approximate surface area is 122 Å². The van der Waals surface area contributed by atoms with Crippen LogP contribution in [0.5, 0.6) is 11.5 Å². The van der Waals surface area contributed by atoms with E-state index in [0.29, 0.717) is 6.54 Å². The molecule has 0 radical (unpaired) electrons. The highest BCUT2D eigenvalue weighted by Crippen LogP contribution is 2.47. The van der Waals surface area contributed by atoms with Crippen LogP contribution in [0.25, 0.3) is 0 Å². The van der Waals surface area contributed by atoms with Gasteiger partial charge in [0.25, 0.3) is 0 Å². The van der Waals surface area contributed by atoms with Gasteiger partial charge in [-0.2, -0.15) is 0 Å². The van der Waals surface area contributed by atoms with Crippen LogP contribution in [0.4, 0.5) is 0 Å². The molecule has 0 saturated heterocycles. The van der Waals surface area contributed by atoms with E-state index in [-0.39, 0.29) is 5.41 Å². The molecule has 1 saturated carbocycles. The Hall–Kier alpha value is -1.22. The zero-order valence-electron chi connectivity index (χ0n) is 13.2. The lowest BCUT2D eigenvalue weighted by atomic mass is 9.67. The van der Waals surface area contributed by atoms with Gasteiger partial charge in [-0.15, -0.1) is 0 Å². The van der Waals surface area contributed by atoms with Crippen molar-refractivity contribution in [2.45, 2.75) is 51.4 Å². The fraction of sp³-hybridized carbons (Fsp3) is 0.647. The summed E-state index contributed by atoms with van der Waals surface area (Å²) in [5.41, 5.74) is 9.89. The van der Waals surface area contributed by atoms with E-state index >= 15 is 0 Å². The maximum atomic E-state index is 6.20. The minimum Gasteiger partial charge on any atom is -0.496 e. The smallest absolute Gasteiger partial charge is 0.129 e. The molecule has 0 unspecified atom stereocenters. The molecule has 3 heteroatoms. The number of aryl methyl sites for hydroxylation is 1. The summed E-state index contributed by atoms with van der Waals surface area (Å²) in [5.74, 6) is 1.86. The molecule has 0 aliphatic heterocycles. The third-order valence-electron chi connectivity index (χ3n) is 4.83. The van der Waals surface area contributed by atoms with Gasteiger partial charge in [0.15, 0.2) is 0 Å². The fourth-order valence-electron chi connectivity index (χ4n) is 3.77. The third-order valence-corrected chi connectivity index (χ3v) is 4.83. The third kappa shape index (κ3) is 2.39. The summed E-state index contributed by atoms with van der Waals surface area (Å²) < 4.78 is 11.2. The van der Waals surface area contributed by atoms with Crippen molar-refractivity contribution in [1.29, 1.82) is 0 Å². The van der Waals surface area contributed by atoms with E-state index in [4.69, 9.17) is 15.2 Å². The van der Waals surface area contributed by atoms with Gasteiger partial charge in [-0.25, -0.2) is 0 Å². The van der Waals surface area contributed by atoms with Gasteiger partial charge >= 0.3 is 0 Å². The monoisotopic (exact) mass is 277 g/mol. The molecule has 0 aromatic heterocycles. The second kappa shape index (κ2) is 6.04. The minimum absolute atomic E-state index is 0.0741. The van der Waals surface area contributed by atoms with Gasteiger partial charge in [0.2, 0.25) is 0 Å². The largest absolute Gasteiger partial charge is 0.496 e. The molecule has 1 aromatic carbocycles. The van der Waals surface area contributed by atoms with E-state index in [1.165, 1.54) is 30.4 Å². The Morgan fingerprint density at radius 2 is 1.75 bits per heavy atom. The predicted octanol–water partition coefficient (Wildman–Crippen LogP) is 3.48. The average molecular weight is 277 g/mol. The van der Waals surface area contributed by atoms with Gasteiger partial charge in [0.1, 0.15) is 11.5 Å². The Morgan fingerprint density at radius 1 is 1.10 bits per heavy atom. The van der Waals surface area contributed by atoms with E-state index in [1.54, 1.807) is 14.2 Å². The van der Waals surface area contributed by atoms with Gasteiger partial charge in [-0.05, 0) is 38.3 Å². The van der Waals surface area contributed by atoms with Crippen LogP contribution < -0.4 is 15.2 Å². The van der Waals surface area contributed by atoms with Crippen LogP contribution in [0, 0.1) is 13.8 Å². The van der Waals surface area contributed by atoms with Crippen LogP contribution >= 0.6 is 0 Å². The van der Waals surface area contributed by atoms with Gasteiger partial charge < -0.3 is 15.2 Å². The first-order chi connectivity index (χ1) is 9.59. The molecule has 0 spiro atoms. The molecule has 1 aliphatic rings. The zero-order chi connectivity index (χ0) is 14.8. The maximum absolute atomic E-state index is 6.20. The minimum atomic E-state index is 0.0741. The topological polar surface area (TPSA) is 44.5 Å². The summed E-state index contributed by atoms with van der Waals surface area (Å²) in [5, 5.41) is 0. The van der Waals surface area contributed by atoms with E-state index in [2.05, 4.69) is 19.9 Å². The maximum Gasteiger partial charge on any atom is 0.129 e. The number of nitrogens with two attached hydrogens (primary N) is 1. The van der Waals surface area contributed by atoms with E-state index < -0.39 is 0 Å². The lowest BCUT2D eigenvalue weighted by Crippen LogP contribution is -2.38. The average Bonchev–Trinajstić information content (AvgIpc) is 2.49. The van der Waals surface area contributed by atoms with Crippen molar-refractivity contribution in [3.8, 4) is 11.5 Å². The lowest BCUT2D eigenvalue weighted by Gasteiger charge is -2.39. The summed E-state index contributed by atoms with van der Waals surface area (Å²) in [4.78, 5) is 0. The second-order valence-electron chi connectivity index (χ2n) is 5.97. The molecule has 20 heavy (non-hydrogen) atoms. The Kier molecular flexibility index (Phi) is 4.59. The van der Waals surface area contributed by atoms with Gasteiger partial charge in [-0.1, -0.05) is 19.3 Å². The van der Waals surface area contributed by atoms with Crippen LogP contribution in [0.2, 0.25) is 0 Å². The Morgan fingerprint density at radius 3 is 2.25 bits per heavy atom. The van der Waals surface area contributed by atoms with Crippen molar-refractivity contribution in [1.82, 2.24) is 0 Å². The van der Waals surface area contributed by atoms with Crippen molar-refractivity contribution >= 4 is 0 Å². The number of hydrogen-bond acceptors (Lipinski definition) is 3. The van der Waals surface area contributed by atoms with Crippen LogP contribution in [0.3, 0.4) is 0 Å². The molecule has 2 N–H and O–H groups in total. The molecule has 1 aliphatic carbocycles. The highest BCUT2D eigenvalue weighted by molar-refractivity contribution is 5.56. The van der Waals surface area contributed by atoms with Crippen LogP contribution in [0.15, 0.2) is 6.07 Å². The molecule has 0 amide bonds. The van der Waals surface area contributed by atoms with Crippen LogP contribution in [-0.4, -0.2) is 20.8 Å². The molecular weight excluding hydrogens is 250 g/mol. The van der Waals surface area contributed by atoms with E-state index in [0.717, 1.165) is 29.9 Å². The molecule has 1 aromatic rings. The zero-order valence-corrected chi connectivity index (χ0v) is 13.2. The van der Waals surface area contributed by atoms with Crippen LogP contribution in [0.1, 0.15) is 48.8 Å². The lowest BCUT2D eigenvalue weighted by molar-refractivity contribution is 0.284. The summed E-state index contributed by atoms with van der Waals surface area (Å²) in [6.45, 7) is 4.90. The molecule has 1 fully saturated rings. The fourth-order valence-corrected chi connectivity index (χ4v) is 3.77. The Bertz CT molecular complexity index is 476. The summed E-state index contributed by atoms with van der Waals surface area (Å²) in [6, 6.07) is 2.12. The number of rotatable bonds is 4. The molecule has 0 heterocycles. The number of ether oxygens (including phenoxy) is 2. The Balaban J connectivity index is 2.62. The molecular formula is C17H27NO2. The summed E-state index contributed by atoms with van der Waals surface area (Å²) in [7, 11) is 3.46. The first-order valence-electron chi connectivity index (χ1n) is 7.52. The second-order valence-corrected chi connectivity index (χ2v) is 5.97. The predicted molar refractivity (Wildman–Crippen MR) is 82.8 cm³/mol. The van der Waals surface area contributed by atoms with Gasteiger partial charge in [0.05, 0.1) is 14.2 Å². The molecule has 2 rings (SSSR count). The first-order valence-corrected chi connectivity index (χ1v) is 7.52. The first kappa shape index (κ1) is 15.2. The quantitative estimate of drug-likeness (QED) is 0.916. The van der Waals surface area contributed by atoms with Crippen molar-refractivity contribution in [3.05, 3.63) is 22.8 Å². The van der Waals surface area contributed by atoms with Crippen LogP contribution in [-0.2, 0) is 5.41 Å².